The number of benzene rings is 2. The quantitative estimate of drug-likeness (QED) is 0.425. The fourth-order valence-electron chi connectivity index (χ4n) is 3.27. The van der Waals surface area contributed by atoms with Crippen LogP contribution in [-0.4, -0.2) is 24.2 Å². The molecule has 3 aromatic rings. The van der Waals surface area contributed by atoms with Gasteiger partial charge < -0.3 is 0 Å². The van der Waals surface area contributed by atoms with E-state index in [1.54, 1.807) is 0 Å². The van der Waals surface area contributed by atoms with Gasteiger partial charge in [0.1, 0.15) is 0 Å². The number of rotatable bonds is 6. The van der Waals surface area contributed by atoms with Gasteiger partial charge in [-0.1, -0.05) is 6.07 Å². The Balaban J connectivity index is 1.47. The maximum atomic E-state index is 12.6. The van der Waals surface area contributed by atoms with Gasteiger partial charge in [0.05, 0.1) is 15.5 Å². The predicted molar refractivity (Wildman–Crippen MR) is 117 cm³/mol. The summed E-state index contributed by atoms with van der Waals surface area (Å²) in [7, 11) is -4.03. The van der Waals surface area contributed by atoms with Crippen molar-refractivity contribution in [2.75, 3.05) is 10.0 Å². The Bertz CT molecular complexity index is 1260. The summed E-state index contributed by atoms with van der Waals surface area (Å²) in [5.74, 6) is -0.337. The number of sulfonamides is 1. The number of carbonyl (C=O) groups excluding carboxylic acids is 1. The second kappa shape index (κ2) is 8.08. The van der Waals surface area contributed by atoms with Gasteiger partial charge in [-0.3, -0.25) is 24.9 Å². The van der Waals surface area contributed by atoms with Gasteiger partial charge in [-0.2, -0.15) is 0 Å². The van der Waals surface area contributed by atoms with Crippen LogP contribution in [0.25, 0.3) is 0 Å². The summed E-state index contributed by atoms with van der Waals surface area (Å²) in [5.41, 5.74) is 1.71. The lowest BCUT2D eigenvalue weighted by Crippen LogP contribution is -2.14. The van der Waals surface area contributed by atoms with E-state index in [4.69, 9.17) is 0 Å². The molecule has 0 bridgehead atoms. The zero-order chi connectivity index (χ0) is 22.2. The van der Waals surface area contributed by atoms with Crippen LogP contribution in [0.4, 0.5) is 16.5 Å². The Hall–Kier alpha value is -3.31. The first kappa shape index (κ1) is 20.9. The van der Waals surface area contributed by atoms with Crippen molar-refractivity contribution in [2.24, 2.45) is 0 Å². The first-order chi connectivity index (χ1) is 14.7. The van der Waals surface area contributed by atoms with E-state index in [9.17, 15) is 23.3 Å². The minimum atomic E-state index is -4.03. The predicted octanol–water partition coefficient (Wildman–Crippen LogP) is 3.90. The van der Waals surface area contributed by atoms with E-state index >= 15 is 0 Å². The lowest BCUT2D eigenvalue weighted by Gasteiger charge is -2.09. The van der Waals surface area contributed by atoms with E-state index in [1.165, 1.54) is 59.5 Å². The van der Waals surface area contributed by atoms with Gasteiger partial charge in [-0.15, -0.1) is 11.3 Å². The monoisotopic (exact) mass is 458 g/mol. The van der Waals surface area contributed by atoms with Crippen molar-refractivity contribution >= 4 is 43.8 Å². The number of hydrogen-bond acceptors (Lipinski definition) is 7. The van der Waals surface area contributed by atoms with Crippen LogP contribution in [0.5, 0.6) is 0 Å². The largest absolute Gasteiger partial charge is 0.298 e. The Morgan fingerprint density at radius 1 is 1.16 bits per heavy atom. The molecular weight excluding hydrogens is 440 g/mol. The zero-order valence-electron chi connectivity index (χ0n) is 16.4. The first-order valence-electron chi connectivity index (χ1n) is 9.41. The molecule has 160 valence electrons. The van der Waals surface area contributed by atoms with Gasteiger partial charge in [-0.05, 0) is 56.5 Å². The van der Waals surface area contributed by atoms with Gasteiger partial charge in [-0.25, -0.2) is 13.4 Å². The number of aryl methyl sites for hydroxylation is 3. The van der Waals surface area contributed by atoms with Gasteiger partial charge >= 0.3 is 0 Å². The first-order valence-corrected chi connectivity index (χ1v) is 11.7. The minimum absolute atomic E-state index is 0.219. The average molecular weight is 459 g/mol. The standard InChI is InChI=1S/C20H18N4O5S2/c1-12-5-10-15(11-17(12)24(26)27)31(28,29)23-14-8-6-13(7-9-14)19(25)22-20-21-16-3-2-4-18(16)30-20/h5-11,23H,2-4H2,1H3,(H,21,22,25). The molecule has 1 aliphatic carbocycles. The number of aromatic nitrogens is 1. The van der Waals surface area contributed by atoms with Crippen LogP contribution in [0.2, 0.25) is 0 Å². The number of nitro benzene ring substituents is 1. The molecule has 31 heavy (non-hydrogen) atoms. The highest BCUT2D eigenvalue weighted by atomic mass is 32.2. The molecule has 0 radical (unpaired) electrons. The number of nitro groups is 1. The fourth-order valence-corrected chi connectivity index (χ4v) is 5.39. The van der Waals surface area contributed by atoms with Gasteiger partial charge in [0, 0.05) is 27.8 Å². The third kappa shape index (κ3) is 4.42. The number of thiazole rings is 1. The summed E-state index contributed by atoms with van der Waals surface area (Å²) in [6.45, 7) is 1.53. The average Bonchev–Trinajstić information content (AvgIpc) is 3.30. The van der Waals surface area contributed by atoms with E-state index in [2.05, 4.69) is 15.0 Å². The maximum Gasteiger partial charge on any atom is 0.273 e. The molecule has 1 aliphatic rings. The molecule has 0 unspecified atom stereocenters. The van der Waals surface area contributed by atoms with E-state index in [1.807, 2.05) is 0 Å². The highest BCUT2D eigenvalue weighted by Crippen LogP contribution is 2.30. The zero-order valence-corrected chi connectivity index (χ0v) is 18.0. The molecule has 0 saturated carbocycles. The molecule has 1 amide bonds. The summed E-state index contributed by atoms with van der Waals surface area (Å²) in [6, 6.07) is 9.60. The smallest absolute Gasteiger partial charge is 0.273 e. The molecule has 0 atom stereocenters. The molecule has 0 fully saturated rings. The molecule has 4 rings (SSSR count). The lowest BCUT2D eigenvalue weighted by molar-refractivity contribution is -0.385. The van der Waals surface area contributed by atoms with Gasteiger partial charge in [0.15, 0.2) is 5.13 Å². The highest BCUT2D eigenvalue weighted by Gasteiger charge is 2.21. The van der Waals surface area contributed by atoms with Crippen molar-refractivity contribution < 1.29 is 18.1 Å². The molecule has 11 heteroatoms. The highest BCUT2D eigenvalue weighted by molar-refractivity contribution is 7.92. The summed E-state index contributed by atoms with van der Waals surface area (Å²) < 4.78 is 27.6. The molecule has 2 N–H and O–H groups in total. The fraction of sp³-hybridized carbons (Fsp3) is 0.200. The Morgan fingerprint density at radius 2 is 1.90 bits per heavy atom. The number of nitrogens with zero attached hydrogens (tertiary/aromatic N) is 2. The normalized spacial score (nSPS) is 12.9. The summed E-state index contributed by atoms with van der Waals surface area (Å²) in [6.07, 6.45) is 3.01. The van der Waals surface area contributed by atoms with Crippen molar-refractivity contribution in [3.8, 4) is 0 Å². The van der Waals surface area contributed by atoms with E-state index in [-0.39, 0.29) is 22.2 Å². The van der Waals surface area contributed by atoms with Gasteiger partial charge in [0.2, 0.25) is 0 Å². The van der Waals surface area contributed by atoms with Crippen LogP contribution in [0.15, 0.2) is 47.4 Å². The molecule has 0 aliphatic heterocycles. The van der Waals surface area contributed by atoms with Crippen LogP contribution in [0.1, 0.15) is 32.9 Å². The summed E-state index contributed by atoms with van der Waals surface area (Å²) in [4.78, 5) is 28.3. The molecule has 2 aromatic carbocycles. The third-order valence-corrected chi connectivity index (χ3v) is 7.35. The number of anilines is 2. The van der Waals surface area contributed by atoms with Crippen LogP contribution in [0, 0.1) is 17.0 Å². The molecule has 9 nitrogen and oxygen atoms in total. The van der Waals surface area contributed by atoms with Gasteiger partial charge in [0.25, 0.3) is 21.6 Å². The Labute approximate surface area is 182 Å². The summed E-state index contributed by atoms with van der Waals surface area (Å²) >= 11 is 1.48. The van der Waals surface area contributed by atoms with E-state index in [0.29, 0.717) is 16.3 Å². The van der Waals surface area contributed by atoms with Crippen molar-refractivity contribution in [2.45, 2.75) is 31.1 Å². The van der Waals surface area contributed by atoms with Crippen LogP contribution in [-0.2, 0) is 22.9 Å². The third-order valence-electron chi connectivity index (χ3n) is 4.90. The SMILES string of the molecule is Cc1ccc(S(=O)(=O)Nc2ccc(C(=O)Nc3nc4c(s3)CCC4)cc2)cc1[N+](=O)[O-]. The van der Waals surface area contributed by atoms with Crippen LogP contribution < -0.4 is 10.0 Å². The number of amides is 1. The summed E-state index contributed by atoms with van der Waals surface area (Å²) in [5, 5.41) is 14.4. The van der Waals surface area contributed by atoms with Crippen molar-refractivity contribution in [3.05, 3.63) is 74.3 Å². The molecular formula is C20H18N4O5S2. The molecule has 0 spiro atoms. The topological polar surface area (TPSA) is 131 Å². The molecule has 1 aromatic heterocycles. The van der Waals surface area contributed by atoms with Crippen LogP contribution >= 0.6 is 11.3 Å². The lowest BCUT2D eigenvalue weighted by atomic mass is 10.2. The van der Waals surface area contributed by atoms with Crippen molar-refractivity contribution in [1.29, 1.82) is 0 Å². The Kier molecular flexibility index (Phi) is 5.46. The van der Waals surface area contributed by atoms with Crippen molar-refractivity contribution in [1.82, 2.24) is 4.98 Å². The molecule has 0 saturated heterocycles. The second-order valence-electron chi connectivity index (χ2n) is 7.08. The number of hydrogen-bond donors (Lipinski definition) is 2. The van der Waals surface area contributed by atoms with Crippen molar-refractivity contribution in [3.63, 3.8) is 0 Å². The maximum absolute atomic E-state index is 12.6. The Morgan fingerprint density at radius 3 is 2.58 bits per heavy atom. The molecule has 1 heterocycles. The number of nitrogens with one attached hydrogen (secondary N) is 2. The minimum Gasteiger partial charge on any atom is -0.298 e. The number of carbonyl (C=O) groups is 1. The second-order valence-corrected chi connectivity index (χ2v) is 9.85. The van der Waals surface area contributed by atoms with E-state index < -0.39 is 14.9 Å². The van der Waals surface area contributed by atoms with Crippen LogP contribution in [0.3, 0.4) is 0 Å². The number of fused-ring (bicyclic) bond motifs is 1. The van der Waals surface area contributed by atoms with E-state index in [0.717, 1.165) is 31.0 Å².